The first-order valence-corrected chi connectivity index (χ1v) is 14.4. The van der Waals surface area contributed by atoms with E-state index in [1.165, 1.54) is 70.5 Å². The van der Waals surface area contributed by atoms with Gasteiger partial charge in [-0.1, -0.05) is 6.92 Å². The first-order chi connectivity index (χ1) is 17.9. The van der Waals surface area contributed by atoms with E-state index in [1.54, 1.807) is 0 Å². The van der Waals surface area contributed by atoms with E-state index in [0.717, 1.165) is 35.6 Å². The molecule has 4 fully saturated rings. The number of rotatable bonds is 4. The number of fused-ring (bicyclic) bond motifs is 1. The van der Waals surface area contributed by atoms with Crippen LogP contribution in [-0.4, -0.2) is 72.3 Å². The predicted octanol–water partition coefficient (Wildman–Crippen LogP) is 3.02. The highest BCUT2D eigenvalue weighted by Crippen LogP contribution is 2.40. The quantitative estimate of drug-likeness (QED) is 0.621. The first kappa shape index (κ1) is 24.9. The van der Waals surface area contributed by atoms with E-state index in [0.29, 0.717) is 24.2 Å². The van der Waals surface area contributed by atoms with Crippen LogP contribution in [-0.2, 0) is 16.6 Å². The number of likely N-dealkylation sites (tertiary alicyclic amines) is 1. The molecular formula is C29H42N6O2. The van der Waals surface area contributed by atoms with Crippen molar-refractivity contribution in [1.29, 1.82) is 0 Å². The number of hydrogen-bond acceptors (Lipinski definition) is 6. The van der Waals surface area contributed by atoms with Gasteiger partial charge in [0.1, 0.15) is 0 Å². The van der Waals surface area contributed by atoms with Gasteiger partial charge < -0.3 is 15.1 Å². The zero-order valence-corrected chi connectivity index (χ0v) is 22.5. The Kier molecular flexibility index (Phi) is 6.74. The van der Waals surface area contributed by atoms with Crippen LogP contribution in [0.15, 0.2) is 18.2 Å². The number of carbonyl (C=O) groups excluding carboxylic acids is 2. The minimum absolute atomic E-state index is 0.188. The van der Waals surface area contributed by atoms with E-state index in [4.69, 9.17) is 5.10 Å². The minimum atomic E-state index is -0.359. The summed E-state index contributed by atoms with van der Waals surface area (Å²) in [6.45, 7) is 10.8. The maximum absolute atomic E-state index is 12.5. The second kappa shape index (κ2) is 10.0. The molecule has 0 saturated carbocycles. The second-order valence-corrected chi connectivity index (χ2v) is 12.2. The van der Waals surface area contributed by atoms with Gasteiger partial charge in [-0.25, -0.2) is 0 Å². The number of anilines is 1. The van der Waals surface area contributed by atoms with Crippen LogP contribution in [0, 0.1) is 17.3 Å². The van der Waals surface area contributed by atoms with Crippen LogP contribution in [0.2, 0.25) is 0 Å². The van der Waals surface area contributed by atoms with Crippen molar-refractivity contribution in [1.82, 2.24) is 25.3 Å². The second-order valence-electron chi connectivity index (χ2n) is 12.2. The largest absolute Gasteiger partial charge is 0.371 e. The van der Waals surface area contributed by atoms with Gasteiger partial charge in [0.2, 0.25) is 11.8 Å². The molecule has 1 aromatic heterocycles. The van der Waals surface area contributed by atoms with Gasteiger partial charge in [0.05, 0.1) is 17.1 Å². The van der Waals surface area contributed by atoms with Crippen LogP contribution in [0.1, 0.15) is 63.5 Å². The molecule has 1 unspecified atom stereocenters. The van der Waals surface area contributed by atoms with Gasteiger partial charge in [0.15, 0.2) is 0 Å². The summed E-state index contributed by atoms with van der Waals surface area (Å²) in [6.07, 6.45) is 7.63. The van der Waals surface area contributed by atoms with Crippen LogP contribution in [0.5, 0.6) is 0 Å². The van der Waals surface area contributed by atoms with Crippen LogP contribution >= 0.6 is 0 Å². The third kappa shape index (κ3) is 4.90. The molecule has 1 aromatic carbocycles. The monoisotopic (exact) mass is 506 g/mol. The Morgan fingerprint density at radius 1 is 1.05 bits per heavy atom. The average Bonchev–Trinajstić information content (AvgIpc) is 3.22. The lowest BCUT2D eigenvalue weighted by Gasteiger charge is -2.46. The van der Waals surface area contributed by atoms with Crippen LogP contribution in [0.25, 0.3) is 10.9 Å². The fraction of sp³-hybridized carbons (Fsp3) is 0.690. The predicted molar refractivity (Wildman–Crippen MR) is 146 cm³/mol. The Morgan fingerprint density at radius 3 is 2.57 bits per heavy atom. The van der Waals surface area contributed by atoms with Crippen LogP contribution in [0.3, 0.4) is 0 Å². The number of imide groups is 1. The Hall–Kier alpha value is -2.45. The van der Waals surface area contributed by atoms with Gasteiger partial charge >= 0.3 is 0 Å². The zero-order chi connectivity index (χ0) is 25.6. The van der Waals surface area contributed by atoms with Gasteiger partial charge in [0.25, 0.3) is 0 Å². The minimum Gasteiger partial charge on any atom is -0.371 e. The average molecular weight is 507 g/mol. The summed E-state index contributed by atoms with van der Waals surface area (Å²) in [5.41, 5.74) is 3.70. The normalized spacial score (nSPS) is 29.1. The van der Waals surface area contributed by atoms with Crippen molar-refractivity contribution in [2.45, 2.75) is 57.8 Å². The van der Waals surface area contributed by atoms with E-state index >= 15 is 0 Å². The molecule has 5 heterocycles. The van der Waals surface area contributed by atoms with E-state index in [2.05, 4.69) is 45.6 Å². The van der Waals surface area contributed by atoms with Crippen LogP contribution < -0.4 is 15.5 Å². The molecule has 4 aliphatic heterocycles. The van der Waals surface area contributed by atoms with Crippen molar-refractivity contribution in [2.24, 2.45) is 24.3 Å². The molecule has 4 aliphatic rings. The molecule has 2 aromatic rings. The topological polar surface area (TPSA) is 82.5 Å². The highest BCUT2D eigenvalue weighted by atomic mass is 16.2. The first-order valence-electron chi connectivity index (χ1n) is 14.4. The Balaban J connectivity index is 1.09. The highest BCUT2D eigenvalue weighted by molar-refractivity contribution is 6.02. The van der Waals surface area contributed by atoms with Crippen molar-refractivity contribution >= 4 is 28.4 Å². The summed E-state index contributed by atoms with van der Waals surface area (Å²) in [5.74, 6) is 0.647. The lowest BCUT2D eigenvalue weighted by molar-refractivity contribution is -0.134. The van der Waals surface area contributed by atoms with E-state index in [9.17, 15) is 9.59 Å². The summed E-state index contributed by atoms with van der Waals surface area (Å²) >= 11 is 0. The molecule has 2 amide bonds. The summed E-state index contributed by atoms with van der Waals surface area (Å²) in [4.78, 5) is 29.3. The Morgan fingerprint density at radius 2 is 1.84 bits per heavy atom. The van der Waals surface area contributed by atoms with Crippen molar-refractivity contribution < 1.29 is 9.59 Å². The van der Waals surface area contributed by atoms with Crippen molar-refractivity contribution in [3.05, 3.63) is 23.9 Å². The maximum Gasteiger partial charge on any atom is 0.235 e. The molecular weight excluding hydrogens is 464 g/mol. The lowest BCUT2D eigenvalue weighted by Crippen LogP contribution is -2.49. The number of nitrogens with zero attached hydrogens (tertiary/aromatic N) is 4. The number of nitrogens with one attached hydrogen (secondary N) is 2. The van der Waals surface area contributed by atoms with Crippen molar-refractivity contribution in [2.75, 3.05) is 50.7 Å². The van der Waals surface area contributed by atoms with Gasteiger partial charge in [-0.15, -0.1) is 0 Å². The summed E-state index contributed by atoms with van der Waals surface area (Å²) < 4.78 is 1.89. The molecule has 200 valence electrons. The lowest BCUT2D eigenvalue weighted by atomic mass is 9.71. The summed E-state index contributed by atoms with van der Waals surface area (Å²) in [5, 5.41) is 11.7. The molecule has 1 spiro atoms. The third-order valence-corrected chi connectivity index (χ3v) is 9.95. The number of benzene rings is 1. The standard InChI is InChI=1S/C29H42N6O2/c1-20-18-35(14-7-21(20)19-34-15-10-29(11-16-34)8-12-30-13-9-29)22-3-4-23-25(17-22)33(2)32-27(23)24-5-6-26(36)31-28(24)37/h3-4,17,20-21,24,30H,5-16,18-19H2,1-2H3,(H,31,36,37)/t20-,21-,24?/m1/s1. The molecule has 2 N–H and O–H groups in total. The molecule has 0 aliphatic carbocycles. The molecule has 3 atom stereocenters. The zero-order valence-electron chi connectivity index (χ0n) is 22.5. The summed E-state index contributed by atoms with van der Waals surface area (Å²) in [6, 6.07) is 6.54. The Labute approximate surface area is 220 Å². The third-order valence-electron chi connectivity index (χ3n) is 9.95. The number of aryl methyl sites for hydroxylation is 1. The molecule has 4 saturated heterocycles. The molecule has 0 bridgehead atoms. The number of aromatic nitrogens is 2. The van der Waals surface area contributed by atoms with Crippen molar-refractivity contribution in [3.63, 3.8) is 0 Å². The molecule has 0 radical (unpaired) electrons. The summed E-state index contributed by atoms with van der Waals surface area (Å²) in [7, 11) is 1.95. The SMILES string of the molecule is C[C@@H]1CN(c2ccc3c(C4CCC(=O)NC4=O)nn(C)c3c2)CC[C@@H]1CN1CCC2(CCNCC2)CC1. The van der Waals surface area contributed by atoms with Gasteiger partial charge in [-0.05, 0) is 100 Å². The number of piperidine rings is 4. The van der Waals surface area contributed by atoms with Gasteiger partial charge in [0, 0.05) is 44.2 Å². The smallest absolute Gasteiger partial charge is 0.235 e. The maximum atomic E-state index is 12.5. The highest BCUT2D eigenvalue weighted by Gasteiger charge is 2.37. The van der Waals surface area contributed by atoms with E-state index < -0.39 is 0 Å². The number of amides is 2. The van der Waals surface area contributed by atoms with Crippen LogP contribution in [0.4, 0.5) is 5.69 Å². The van der Waals surface area contributed by atoms with Crippen molar-refractivity contribution in [3.8, 4) is 0 Å². The molecule has 8 heteroatoms. The van der Waals surface area contributed by atoms with E-state index in [-0.39, 0.29) is 17.7 Å². The van der Waals surface area contributed by atoms with Gasteiger partial charge in [-0.2, -0.15) is 5.10 Å². The molecule has 8 nitrogen and oxygen atoms in total. The Bertz CT molecular complexity index is 1160. The molecule has 37 heavy (non-hydrogen) atoms. The fourth-order valence-electron chi connectivity index (χ4n) is 7.38. The van der Waals surface area contributed by atoms with E-state index in [1.807, 2.05) is 11.7 Å². The molecule has 6 rings (SSSR count). The fourth-order valence-corrected chi connectivity index (χ4v) is 7.38. The van der Waals surface area contributed by atoms with Gasteiger partial charge in [-0.3, -0.25) is 19.6 Å². The number of hydrogen-bond donors (Lipinski definition) is 2. The number of carbonyl (C=O) groups is 2.